The van der Waals surface area contributed by atoms with Gasteiger partial charge in [0.25, 0.3) is 11.8 Å². The molecule has 37 heavy (non-hydrogen) atoms. The monoisotopic (exact) mass is 512 g/mol. The second kappa shape index (κ2) is 10.7. The summed E-state index contributed by atoms with van der Waals surface area (Å²) >= 11 is 1.44. The number of aryl methyl sites for hydroxylation is 1. The summed E-state index contributed by atoms with van der Waals surface area (Å²) < 4.78 is 1.99. The number of benzene rings is 3. The van der Waals surface area contributed by atoms with Gasteiger partial charge in [-0.25, -0.2) is 0 Å². The van der Waals surface area contributed by atoms with Gasteiger partial charge in [-0.15, -0.1) is 10.2 Å². The zero-order chi connectivity index (χ0) is 25.8. The van der Waals surface area contributed by atoms with Gasteiger partial charge in [-0.2, -0.15) is 0 Å². The number of imide groups is 1. The Labute approximate surface area is 217 Å². The second-order valence-corrected chi connectivity index (χ2v) is 9.49. The van der Waals surface area contributed by atoms with Gasteiger partial charge in [-0.1, -0.05) is 48.2 Å². The number of para-hydroxylation sites is 2. The van der Waals surface area contributed by atoms with Crippen molar-refractivity contribution in [3.8, 4) is 5.69 Å². The third-order valence-corrected chi connectivity index (χ3v) is 6.81. The van der Waals surface area contributed by atoms with Crippen molar-refractivity contribution in [1.29, 1.82) is 0 Å². The van der Waals surface area contributed by atoms with Crippen molar-refractivity contribution in [3.05, 3.63) is 95.3 Å². The Hall–Kier alpha value is -4.44. The van der Waals surface area contributed by atoms with Gasteiger partial charge in [0.1, 0.15) is 0 Å². The summed E-state index contributed by atoms with van der Waals surface area (Å²) in [6, 6.07) is 22.6. The van der Waals surface area contributed by atoms with Gasteiger partial charge in [0.15, 0.2) is 11.0 Å². The van der Waals surface area contributed by atoms with Crippen LogP contribution in [0.5, 0.6) is 0 Å². The van der Waals surface area contributed by atoms with Gasteiger partial charge < -0.3 is 10.6 Å². The van der Waals surface area contributed by atoms with Crippen molar-refractivity contribution in [3.63, 3.8) is 0 Å². The number of carbonyl (C=O) groups is 3. The van der Waals surface area contributed by atoms with Crippen LogP contribution in [-0.2, 0) is 11.3 Å². The van der Waals surface area contributed by atoms with Crippen molar-refractivity contribution in [1.82, 2.24) is 20.1 Å². The van der Waals surface area contributed by atoms with E-state index in [1.54, 1.807) is 6.07 Å². The van der Waals surface area contributed by atoms with Gasteiger partial charge >= 0.3 is 0 Å². The van der Waals surface area contributed by atoms with E-state index in [-0.39, 0.29) is 17.9 Å². The predicted molar refractivity (Wildman–Crippen MR) is 142 cm³/mol. The molecule has 186 valence electrons. The lowest BCUT2D eigenvalue weighted by Gasteiger charge is -2.12. The van der Waals surface area contributed by atoms with Gasteiger partial charge in [0.05, 0.1) is 17.7 Å². The molecule has 2 heterocycles. The summed E-state index contributed by atoms with van der Waals surface area (Å²) in [7, 11) is 0. The summed E-state index contributed by atoms with van der Waals surface area (Å²) in [6.07, 6.45) is 0.228. The number of anilines is 2. The highest BCUT2D eigenvalue weighted by atomic mass is 32.2. The molecule has 0 bridgehead atoms. The highest BCUT2D eigenvalue weighted by molar-refractivity contribution is 7.99. The highest BCUT2D eigenvalue weighted by Crippen LogP contribution is 2.25. The fraction of sp³-hybridized carbons (Fsp3) is 0.148. The van der Waals surface area contributed by atoms with Crippen LogP contribution in [0.4, 0.5) is 11.4 Å². The van der Waals surface area contributed by atoms with Crippen molar-refractivity contribution in [2.45, 2.75) is 25.0 Å². The predicted octanol–water partition coefficient (Wildman–Crippen LogP) is 4.19. The van der Waals surface area contributed by atoms with Gasteiger partial charge in [0, 0.05) is 29.2 Å². The van der Waals surface area contributed by atoms with E-state index in [9.17, 15) is 14.4 Å². The quantitative estimate of drug-likeness (QED) is 0.227. The molecule has 0 saturated heterocycles. The maximum Gasteiger partial charge on any atom is 0.259 e. The number of nitrogens with one attached hydrogen (secondary N) is 3. The lowest BCUT2D eigenvalue weighted by Crippen LogP contribution is -2.19. The molecular formula is C27H24N6O3S. The van der Waals surface area contributed by atoms with E-state index < -0.39 is 11.8 Å². The van der Waals surface area contributed by atoms with Gasteiger partial charge in [0.2, 0.25) is 5.91 Å². The molecular weight excluding hydrogens is 488 g/mol. The number of aromatic nitrogens is 3. The number of thioether (sulfide) groups is 1. The largest absolute Gasteiger partial charge is 0.378 e. The minimum Gasteiger partial charge on any atom is -0.378 e. The van der Waals surface area contributed by atoms with Crippen molar-refractivity contribution in [2.75, 3.05) is 16.4 Å². The molecule has 10 heteroatoms. The van der Waals surface area contributed by atoms with E-state index in [4.69, 9.17) is 0 Å². The van der Waals surface area contributed by atoms with Crippen molar-refractivity contribution >= 4 is 40.9 Å². The van der Waals surface area contributed by atoms with Crippen LogP contribution in [0.3, 0.4) is 0 Å². The zero-order valence-electron chi connectivity index (χ0n) is 20.0. The molecule has 0 unspecified atom stereocenters. The topological polar surface area (TPSA) is 118 Å². The number of nitrogens with zero attached hydrogens (tertiary/aromatic N) is 3. The van der Waals surface area contributed by atoms with Crippen LogP contribution in [-0.4, -0.2) is 38.2 Å². The maximum atomic E-state index is 12.6. The Balaban J connectivity index is 1.24. The first-order valence-electron chi connectivity index (χ1n) is 11.7. The maximum absolute atomic E-state index is 12.6. The Morgan fingerprint density at radius 2 is 1.70 bits per heavy atom. The van der Waals surface area contributed by atoms with E-state index in [0.29, 0.717) is 28.7 Å². The highest BCUT2D eigenvalue weighted by Gasteiger charge is 2.26. The molecule has 0 fully saturated rings. The first-order valence-corrected chi connectivity index (χ1v) is 12.7. The molecule has 0 saturated carbocycles. The summed E-state index contributed by atoms with van der Waals surface area (Å²) in [4.78, 5) is 36.1. The van der Waals surface area contributed by atoms with Gasteiger partial charge in [-0.3, -0.25) is 24.3 Å². The summed E-state index contributed by atoms with van der Waals surface area (Å²) in [5.41, 5.74) is 4.16. The second-order valence-electron chi connectivity index (χ2n) is 8.43. The Kier molecular flexibility index (Phi) is 7.00. The number of carbonyl (C=O) groups excluding carboxylic acids is 3. The SMILES string of the molecule is Cc1ccccc1NCc1nnc(SCCC(=O)Nc2ccc3c(c2)C(=O)NC3=O)n1-c1ccccc1. The minimum atomic E-state index is -0.459. The average molecular weight is 513 g/mol. The molecule has 3 aromatic carbocycles. The fourth-order valence-corrected chi connectivity index (χ4v) is 4.90. The molecule has 1 aromatic heterocycles. The molecule has 1 aliphatic rings. The molecule has 4 aromatic rings. The van der Waals surface area contributed by atoms with E-state index in [1.165, 1.54) is 23.9 Å². The summed E-state index contributed by atoms with van der Waals surface area (Å²) in [5.74, 6) is 0.146. The summed E-state index contributed by atoms with van der Waals surface area (Å²) in [6.45, 7) is 2.54. The normalized spacial score (nSPS) is 12.2. The molecule has 5 rings (SSSR count). The fourth-order valence-electron chi connectivity index (χ4n) is 3.99. The molecule has 0 spiro atoms. The van der Waals surface area contributed by atoms with Crippen LogP contribution in [0.25, 0.3) is 5.69 Å². The van der Waals surface area contributed by atoms with Crippen LogP contribution < -0.4 is 16.0 Å². The number of amides is 3. The first kappa shape index (κ1) is 24.3. The lowest BCUT2D eigenvalue weighted by atomic mass is 10.1. The molecule has 3 N–H and O–H groups in total. The minimum absolute atomic E-state index is 0.204. The van der Waals surface area contributed by atoms with Crippen LogP contribution in [0.2, 0.25) is 0 Å². The van der Waals surface area contributed by atoms with Gasteiger partial charge in [-0.05, 0) is 48.9 Å². The number of fused-ring (bicyclic) bond motifs is 1. The molecule has 0 atom stereocenters. The standard InChI is InChI=1S/C27H24N6O3S/c1-17-7-5-6-10-22(17)28-16-23-31-32-27(33(23)19-8-3-2-4-9-19)37-14-13-24(34)29-18-11-12-20-21(15-18)26(36)30-25(20)35/h2-12,15,28H,13-14,16H2,1H3,(H,29,34)(H,30,35,36). The van der Waals surface area contributed by atoms with Crippen LogP contribution in [0.1, 0.15) is 38.5 Å². The first-order chi connectivity index (χ1) is 18.0. The van der Waals surface area contributed by atoms with Crippen LogP contribution >= 0.6 is 11.8 Å². The Morgan fingerprint density at radius 1 is 0.946 bits per heavy atom. The van der Waals surface area contributed by atoms with Crippen LogP contribution in [0, 0.1) is 6.92 Å². The van der Waals surface area contributed by atoms with Crippen molar-refractivity contribution in [2.24, 2.45) is 0 Å². The third-order valence-electron chi connectivity index (χ3n) is 5.88. The van der Waals surface area contributed by atoms with E-state index >= 15 is 0 Å². The molecule has 1 aliphatic heterocycles. The molecule has 9 nitrogen and oxygen atoms in total. The van der Waals surface area contributed by atoms with Crippen LogP contribution in [0.15, 0.2) is 78.0 Å². The number of hydrogen-bond donors (Lipinski definition) is 3. The number of rotatable bonds is 9. The van der Waals surface area contributed by atoms with E-state index in [2.05, 4.69) is 26.1 Å². The Morgan fingerprint density at radius 3 is 2.51 bits per heavy atom. The van der Waals surface area contributed by atoms with E-state index in [1.807, 2.05) is 66.1 Å². The molecule has 3 amide bonds. The molecule has 0 aliphatic carbocycles. The average Bonchev–Trinajstić information content (AvgIpc) is 3.43. The number of hydrogen-bond acceptors (Lipinski definition) is 7. The zero-order valence-corrected chi connectivity index (χ0v) is 20.8. The van der Waals surface area contributed by atoms with Crippen molar-refractivity contribution < 1.29 is 14.4 Å². The Bertz CT molecular complexity index is 1480. The molecule has 0 radical (unpaired) electrons. The summed E-state index contributed by atoms with van der Waals surface area (Å²) in [5, 5.41) is 18.0. The third kappa shape index (κ3) is 5.39. The smallest absolute Gasteiger partial charge is 0.259 e. The lowest BCUT2D eigenvalue weighted by molar-refractivity contribution is -0.115. The van der Waals surface area contributed by atoms with E-state index in [0.717, 1.165) is 22.8 Å².